The highest BCUT2D eigenvalue weighted by Gasteiger charge is 2.19. The van der Waals surface area contributed by atoms with Crippen LogP contribution < -0.4 is 5.32 Å². The van der Waals surface area contributed by atoms with E-state index < -0.39 is 0 Å². The number of aryl methyl sites for hydroxylation is 2. The maximum atomic E-state index is 12.3. The number of amides is 1. The maximum absolute atomic E-state index is 12.3. The van der Waals surface area contributed by atoms with Gasteiger partial charge < -0.3 is 0 Å². The van der Waals surface area contributed by atoms with Crippen LogP contribution in [0.3, 0.4) is 0 Å². The molecule has 0 saturated heterocycles. The van der Waals surface area contributed by atoms with Gasteiger partial charge in [-0.3, -0.25) is 15.1 Å². The summed E-state index contributed by atoms with van der Waals surface area (Å²) in [7, 11) is 0. The molecule has 1 aliphatic rings. The average molecular weight is 328 g/mol. The third-order valence-electron chi connectivity index (χ3n) is 3.44. The molecule has 0 radical (unpaired) electrons. The molecule has 1 N–H and O–H groups in total. The third kappa shape index (κ3) is 2.53. The number of carbonyl (C=O) groups excluding carboxylic acids is 1. The van der Waals surface area contributed by atoms with Crippen LogP contribution in [0.25, 0.3) is 10.7 Å². The van der Waals surface area contributed by atoms with Crippen molar-refractivity contribution < 1.29 is 4.79 Å². The van der Waals surface area contributed by atoms with E-state index in [2.05, 4.69) is 20.3 Å². The second kappa shape index (κ2) is 5.58. The van der Waals surface area contributed by atoms with Crippen LogP contribution in [0.4, 0.5) is 5.13 Å². The number of pyridine rings is 1. The second-order valence-corrected chi connectivity index (χ2v) is 6.89. The minimum Gasteiger partial charge on any atom is -0.296 e. The van der Waals surface area contributed by atoms with Crippen molar-refractivity contribution in [3.8, 4) is 10.7 Å². The average Bonchev–Trinajstić information content (AvgIpc) is 3.23. The standard InChI is InChI=1S/C15H12N4OS2/c20-13(19-15-18-9-5-3-6-12(9)22-15)11-8-21-14(17-11)10-4-1-2-7-16-10/h1-2,4,7-8H,3,5-6H2,(H,18,19,20). The fourth-order valence-electron chi connectivity index (χ4n) is 2.39. The van der Waals surface area contributed by atoms with Gasteiger partial charge in [0.05, 0.1) is 11.4 Å². The lowest BCUT2D eigenvalue weighted by Gasteiger charge is -1.98. The van der Waals surface area contributed by atoms with Crippen molar-refractivity contribution >= 4 is 33.7 Å². The zero-order valence-corrected chi connectivity index (χ0v) is 13.2. The molecule has 7 heteroatoms. The molecule has 0 bridgehead atoms. The monoisotopic (exact) mass is 328 g/mol. The predicted octanol–water partition coefficient (Wildman–Crippen LogP) is 3.40. The van der Waals surface area contributed by atoms with E-state index in [0.717, 1.165) is 29.2 Å². The van der Waals surface area contributed by atoms with Crippen LogP contribution in [0.15, 0.2) is 29.8 Å². The number of anilines is 1. The van der Waals surface area contributed by atoms with Crippen molar-refractivity contribution in [2.45, 2.75) is 19.3 Å². The first-order valence-corrected chi connectivity index (χ1v) is 8.66. The van der Waals surface area contributed by atoms with Crippen molar-refractivity contribution in [1.29, 1.82) is 0 Å². The van der Waals surface area contributed by atoms with Crippen LogP contribution >= 0.6 is 22.7 Å². The molecule has 5 nitrogen and oxygen atoms in total. The molecule has 0 fully saturated rings. The summed E-state index contributed by atoms with van der Waals surface area (Å²) in [6.45, 7) is 0. The van der Waals surface area contributed by atoms with E-state index in [1.165, 1.54) is 22.6 Å². The SMILES string of the molecule is O=C(Nc1nc2c(s1)CCC2)c1csc(-c2ccccn2)n1. The molecule has 0 unspecified atom stereocenters. The van der Waals surface area contributed by atoms with Crippen molar-refractivity contribution in [3.63, 3.8) is 0 Å². The molecule has 110 valence electrons. The molecule has 0 atom stereocenters. The molecular formula is C15H12N4OS2. The molecule has 0 saturated carbocycles. The van der Waals surface area contributed by atoms with E-state index in [4.69, 9.17) is 0 Å². The van der Waals surface area contributed by atoms with E-state index in [1.54, 1.807) is 22.9 Å². The number of rotatable bonds is 3. The number of hydrogen-bond donors (Lipinski definition) is 1. The zero-order chi connectivity index (χ0) is 14.9. The van der Waals surface area contributed by atoms with E-state index >= 15 is 0 Å². The summed E-state index contributed by atoms with van der Waals surface area (Å²) >= 11 is 2.98. The summed E-state index contributed by atoms with van der Waals surface area (Å²) in [6.07, 6.45) is 4.97. The predicted molar refractivity (Wildman–Crippen MR) is 87.4 cm³/mol. The summed E-state index contributed by atoms with van der Waals surface area (Å²) in [6, 6.07) is 5.64. The van der Waals surface area contributed by atoms with Gasteiger partial charge in [0.25, 0.3) is 5.91 Å². The van der Waals surface area contributed by atoms with Crippen molar-refractivity contribution in [2.24, 2.45) is 0 Å². The number of carbonyl (C=O) groups is 1. The second-order valence-electron chi connectivity index (χ2n) is 4.95. The number of hydrogen-bond acceptors (Lipinski definition) is 6. The number of aromatic nitrogens is 3. The first-order valence-electron chi connectivity index (χ1n) is 6.96. The summed E-state index contributed by atoms with van der Waals surface area (Å²) in [4.78, 5) is 26.6. The number of nitrogens with one attached hydrogen (secondary N) is 1. The quantitative estimate of drug-likeness (QED) is 0.800. The Kier molecular flexibility index (Phi) is 3.44. The van der Waals surface area contributed by atoms with Gasteiger partial charge in [0.1, 0.15) is 10.7 Å². The minimum absolute atomic E-state index is 0.217. The van der Waals surface area contributed by atoms with Gasteiger partial charge in [-0.05, 0) is 31.4 Å². The first-order chi connectivity index (χ1) is 10.8. The topological polar surface area (TPSA) is 67.8 Å². The Morgan fingerprint density at radius 2 is 2.18 bits per heavy atom. The largest absolute Gasteiger partial charge is 0.296 e. The fourth-order valence-corrected chi connectivity index (χ4v) is 4.21. The summed E-state index contributed by atoms with van der Waals surface area (Å²) in [5.74, 6) is -0.217. The van der Waals surface area contributed by atoms with Crippen LogP contribution in [0.2, 0.25) is 0 Å². The van der Waals surface area contributed by atoms with Gasteiger partial charge >= 0.3 is 0 Å². The number of nitrogens with zero attached hydrogens (tertiary/aromatic N) is 3. The molecule has 3 aromatic rings. The molecule has 0 spiro atoms. The Morgan fingerprint density at radius 3 is 3.00 bits per heavy atom. The van der Waals surface area contributed by atoms with Gasteiger partial charge in [0.2, 0.25) is 0 Å². The van der Waals surface area contributed by atoms with Crippen LogP contribution in [0.5, 0.6) is 0 Å². The highest BCUT2D eigenvalue weighted by molar-refractivity contribution is 7.16. The van der Waals surface area contributed by atoms with Gasteiger partial charge in [0.15, 0.2) is 5.13 Å². The van der Waals surface area contributed by atoms with Crippen LogP contribution in [0, 0.1) is 0 Å². The van der Waals surface area contributed by atoms with Crippen LogP contribution in [0.1, 0.15) is 27.5 Å². The molecule has 1 amide bonds. The third-order valence-corrected chi connectivity index (χ3v) is 5.37. The summed E-state index contributed by atoms with van der Waals surface area (Å²) < 4.78 is 0. The fraction of sp³-hybridized carbons (Fsp3) is 0.200. The van der Waals surface area contributed by atoms with Gasteiger partial charge in [-0.2, -0.15) is 0 Å². The van der Waals surface area contributed by atoms with Crippen LogP contribution in [-0.2, 0) is 12.8 Å². The lowest BCUT2D eigenvalue weighted by Crippen LogP contribution is -2.12. The smallest absolute Gasteiger partial charge is 0.276 e. The van der Waals surface area contributed by atoms with Crippen molar-refractivity contribution in [1.82, 2.24) is 15.0 Å². The Hall–Kier alpha value is -2.12. The van der Waals surface area contributed by atoms with E-state index in [0.29, 0.717) is 10.8 Å². The molecular weight excluding hydrogens is 316 g/mol. The molecule has 3 aromatic heterocycles. The molecule has 1 aliphatic carbocycles. The summed E-state index contributed by atoms with van der Waals surface area (Å²) in [5.41, 5.74) is 2.31. The van der Waals surface area contributed by atoms with E-state index in [-0.39, 0.29) is 5.91 Å². The van der Waals surface area contributed by atoms with Gasteiger partial charge in [-0.25, -0.2) is 9.97 Å². The lowest BCUT2D eigenvalue weighted by molar-refractivity contribution is 0.102. The molecule has 3 heterocycles. The minimum atomic E-state index is -0.217. The summed E-state index contributed by atoms with van der Waals surface area (Å²) in [5, 5.41) is 6.01. The highest BCUT2D eigenvalue weighted by atomic mass is 32.1. The lowest BCUT2D eigenvalue weighted by atomic mass is 10.3. The molecule has 0 aliphatic heterocycles. The van der Waals surface area contributed by atoms with E-state index in [1.807, 2.05) is 18.2 Å². The Morgan fingerprint density at radius 1 is 1.23 bits per heavy atom. The maximum Gasteiger partial charge on any atom is 0.276 e. The Labute approximate surface area is 135 Å². The Balaban J connectivity index is 1.52. The highest BCUT2D eigenvalue weighted by Crippen LogP contribution is 2.30. The van der Waals surface area contributed by atoms with Gasteiger partial charge in [0, 0.05) is 16.5 Å². The normalized spacial score (nSPS) is 13.1. The Bertz CT molecular complexity index is 804. The molecule has 0 aromatic carbocycles. The first kappa shape index (κ1) is 13.5. The van der Waals surface area contributed by atoms with Crippen LogP contribution in [-0.4, -0.2) is 20.9 Å². The van der Waals surface area contributed by atoms with E-state index in [9.17, 15) is 4.79 Å². The molecule has 4 rings (SSSR count). The molecule has 22 heavy (non-hydrogen) atoms. The van der Waals surface area contributed by atoms with Gasteiger partial charge in [-0.15, -0.1) is 22.7 Å². The number of thiazole rings is 2. The van der Waals surface area contributed by atoms with Gasteiger partial charge in [-0.1, -0.05) is 6.07 Å². The van der Waals surface area contributed by atoms with Crippen molar-refractivity contribution in [2.75, 3.05) is 5.32 Å². The van der Waals surface area contributed by atoms with Crippen molar-refractivity contribution in [3.05, 3.63) is 46.0 Å². The number of fused-ring (bicyclic) bond motifs is 1. The zero-order valence-electron chi connectivity index (χ0n) is 11.6.